The minimum Gasteiger partial charge on any atom is -0.457 e. The summed E-state index contributed by atoms with van der Waals surface area (Å²) < 4.78 is 35.7. The lowest BCUT2D eigenvalue weighted by Gasteiger charge is -2.24. The number of aromatic nitrogens is 2. The van der Waals surface area contributed by atoms with Crippen molar-refractivity contribution in [2.45, 2.75) is 17.9 Å². The number of nitrogens with one attached hydrogen (secondary N) is 1. The van der Waals surface area contributed by atoms with Crippen molar-refractivity contribution in [2.75, 3.05) is 17.4 Å². The molecule has 0 aliphatic carbocycles. The molecular formula is C26H26N4O4S. The van der Waals surface area contributed by atoms with Crippen molar-refractivity contribution in [3.63, 3.8) is 0 Å². The van der Waals surface area contributed by atoms with Gasteiger partial charge in [-0.15, -0.1) is 0 Å². The number of imidazole rings is 1. The minimum atomic E-state index is -3.97. The van der Waals surface area contributed by atoms with Gasteiger partial charge in [0.15, 0.2) is 0 Å². The fourth-order valence-electron chi connectivity index (χ4n) is 3.43. The topological polar surface area (TPSA) is 93.5 Å². The van der Waals surface area contributed by atoms with E-state index in [1.165, 1.54) is 12.1 Å². The van der Waals surface area contributed by atoms with E-state index in [4.69, 9.17) is 4.74 Å². The Hall–Kier alpha value is -4.11. The summed E-state index contributed by atoms with van der Waals surface area (Å²) in [5.41, 5.74) is 0.364. The molecule has 1 N–H and O–H groups in total. The molecule has 0 saturated carbocycles. The van der Waals surface area contributed by atoms with Gasteiger partial charge in [-0.05, 0) is 55.0 Å². The minimum absolute atomic E-state index is 0.109. The van der Waals surface area contributed by atoms with Gasteiger partial charge in [-0.25, -0.2) is 13.4 Å². The Labute approximate surface area is 204 Å². The highest BCUT2D eigenvalue weighted by atomic mass is 32.2. The first-order chi connectivity index (χ1) is 17.0. The zero-order chi connectivity index (χ0) is 24.5. The van der Waals surface area contributed by atoms with Crippen LogP contribution in [0, 0.1) is 0 Å². The number of rotatable bonds is 11. The Morgan fingerprint density at radius 1 is 0.914 bits per heavy atom. The summed E-state index contributed by atoms with van der Waals surface area (Å²) in [5.74, 6) is 0.838. The van der Waals surface area contributed by atoms with E-state index in [1.807, 2.05) is 41.1 Å². The van der Waals surface area contributed by atoms with E-state index >= 15 is 0 Å². The van der Waals surface area contributed by atoms with E-state index in [-0.39, 0.29) is 17.3 Å². The molecule has 0 bridgehead atoms. The molecule has 1 heterocycles. The maximum Gasteiger partial charge on any atom is 0.264 e. The summed E-state index contributed by atoms with van der Waals surface area (Å²) in [6.07, 6.45) is 5.95. The number of hydrogen-bond donors (Lipinski definition) is 1. The van der Waals surface area contributed by atoms with Gasteiger partial charge in [0.2, 0.25) is 5.91 Å². The summed E-state index contributed by atoms with van der Waals surface area (Å²) >= 11 is 0. The summed E-state index contributed by atoms with van der Waals surface area (Å²) in [7, 11) is -3.97. The molecular weight excluding hydrogens is 464 g/mol. The molecule has 1 aromatic heterocycles. The van der Waals surface area contributed by atoms with Crippen molar-refractivity contribution in [1.29, 1.82) is 0 Å². The molecule has 9 heteroatoms. The Kier molecular flexibility index (Phi) is 7.79. The average molecular weight is 491 g/mol. The van der Waals surface area contributed by atoms with E-state index in [9.17, 15) is 13.2 Å². The van der Waals surface area contributed by atoms with Crippen molar-refractivity contribution in [3.05, 3.63) is 104 Å². The number of hydrogen-bond acceptors (Lipinski definition) is 5. The Morgan fingerprint density at radius 3 is 2.23 bits per heavy atom. The summed E-state index contributed by atoms with van der Waals surface area (Å²) in [6, 6.07) is 24.0. The number of nitrogens with zero attached hydrogens (tertiary/aromatic N) is 3. The third-order valence-electron chi connectivity index (χ3n) is 5.20. The van der Waals surface area contributed by atoms with E-state index in [0.717, 1.165) is 4.31 Å². The molecule has 4 rings (SSSR count). The van der Waals surface area contributed by atoms with Crippen LogP contribution >= 0.6 is 0 Å². The van der Waals surface area contributed by atoms with Crippen molar-refractivity contribution < 1.29 is 17.9 Å². The number of sulfonamides is 1. The van der Waals surface area contributed by atoms with Gasteiger partial charge in [0.25, 0.3) is 10.0 Å². The van der Waals surface area contributed by atoms with Crippen LogP contribution in [-0.4, -0.2) is 37.0 Å². The monoisotopic (exact) mass is 490 g/mol. The van der Waals surface area contributed by atoms with Gasteiger partial charge in [0.1, 0.15) is 18.0 Å². The molecule has 1 amide bonds. The van der Waals surface area contributed by atoms with Gasteiger partial charge < -0.3 is 14.6 Å². The number of amides is 1. The molecule has 35 heavy (non-hydrogen) atoms. The van der Waals surface area contributed by atoms with E-state index in [0.29, 0.717) is 36.7 Å². The van der Waals surface area contributed by atoms with Crippen LogP contribution in [0.4, 0.5) is 5.69 Å². The van der Waals surface area contributed by atoms with Crippen LogP contribution in [0.2, 0.25) is 0 Å². The summed E-state index contributed by atoms with van der Waals surface area (Å²) in [6.45, 7) is 0.774. The second-order valence-corrected chi connectivity index (χ2v) is 9.60. The van der Waals surface area contributed by atoms with Gasteiger partial charge in [-0.2, -0.15) is 0 Å². The van der Waals surface area contributed by atoms with E-state index in [1.54, 1.807) is 55.0 Å². The Bertz CT molecular complexity index is 1310. The van der Waals surface area contributed by atoms with E-state index in [2.05, 4.69) is 10.3 Å². The quantitative estimate of drug-likeness (QED) is 0.320. The first kappa shape index (κ1) is 24.0. The summed E-state index contributed by atoms with van der Waals surface area (Å²) in [4.78, 5) is 16.8. The van der Waals surface area contributed by atoms with Crippen molar-refractivity contribution in [2.24, 2.45) is 0 Å². The second-order valence-electron chi connectivity index (χ2n) is 7.74. The van der Waals surface area contributed by atoms with Crippen LogP contribution in [0.25, 0.3) is 0 Å². The number of aryl methyl sites for hydroxylation is 1. The number of benzene rings is 3. The van der Waals surface area contributed by atoms with Crippen LogP contribution in [0.15, 0.2) is 109 Å². The normalized spacial score (nSPS) is 11.1. The first-order valence-corrected chi connectivity index (χ1v) is 12.6. The molecule has 3 aromatic carbocycles. The van der Waals surface area contributed by atoms with Crippen molar-refractivity contribution >= 4 is 21.6 Å². The van der Waals surface area contributed by atoms with Crippen LogP contribution < -0.4 is 14.4 Å². The third-order valence-corrected chi connectivity index (χ3v) is 6.98. The van der Waals surface area contributed by atoms with Gasteiger partial charge >= 0.3 is 0 Å². The smallest absolute Gasteiger partial charge is 0.264 e. The number of ether oxygens (including phenoxy) is 1. The number of carbonyl (C=O) groups excluding carboxylic acids is 1. The van der Waals surface area contributed by atoms with Crippen LogP contribution in [-0.2, 0) is 21.4 Å². The fourth-order valence-corrected chi connectivity index (χ4v) is 4.88. The molecule has 0 unspecified atom stereocenters. The lowest BCUT2D eigenvalue weighted by molar-refractivity contribution is -0.119. The number of para-hydroxylation sites is 1. The van der Waals surface area contributed by atoms with Crippen LogP contribution in [0.5, 0.6) is 11.5 Å². The zero-order valence-corrected chi connectivity index (χ0v) is 19.8. The predicted molar refractivity (Wildman–Crippen MR) is 134 cm³/mol. The molecule has 0 radical (unpaired) electrons. The highest BCUT2D eigenvalue weighted by molar-refractivity contribution is 7.92. The molecule has 8 nitrogen and oxygen atoms in total. The first-order valence-electron chi connectivity index (χ1n) is 11.2. The maximum atomic E-state index is 13.4. The average Bonchev–Trinajstić information content (AvgIpc) is 3.41. The molecule has 0 saturated heterocycles. The number of carbonyl (C=O) groups is 1. The highest BCUT2D eigenvalue weighted by Crippen LogP contribution is 2.27. The maximum absolute atomic E-state index is 13.4. The lowest BCUT2D eigenvalue weighted by atomic mass is 10.3. The van der Waals surface area contributed by atoms with Crippen molar-refractivity contribution in [3.8, 4) is 11.5 Å². The number of anilines is 1. The fraction of sp³-hybridized carbons (Fsp3) is 0.154. The molecule has 0 fully saturated rings. The molecule has 0 atom stereocenters. The SMILES string of the molecule is O=C(CN(c1ccc(Oc2ccccc2)cc1)S(=O)(=O)c1ccccc1)NCCCn1ccnc1. The van der Waals surface area contributed by atoms with Gasteiger partial charge in [-0.3, -0.25) is 9.10 Å². The largest absolute Gasteiger partial charge is 0.457 e. The molecule has 0 aliphatic heterocycles. The Balaban J connectivity index is 1.48. The standard InChI is InChI=1S/C26H26N4O4S/c31-26(28-16-7-18-29-19-17-27-21-29)20-30(35(32,33)25-10-5-2-6-11-25)22-12-14-24(15-13-22)34-23-8-3-1-4-9-23/h1-6,8-15,17,19,21H,7,16,18,20H2,(H,28,31). The highest BCUT2D eigenvalue weighted by Gasteiger charge is 2.27. The molecule has 4 aromatic rings. The van der Waals surface area contributed by atoms with Gasteiger partial charge in [-0.1, -0.05) is 36.4 Å². The third kappa shape index (κ3) is 6.48. The molecule has 0 aliphatic rings. The van der Waals surface area contributed by atoms with E-state index < -0.39 is 10.0 Å². The predicted octanol–water partition coefficient (Wildman–Crippen LogP) is 4.08. The zero-order valence-electron chi connectivity index (χ0n) is 19.0. The lowest BCUT2D eigenvalue weighted by Crippen LogP contribution is -2.41. The van der Waals surface area contributed by atoms with Crippen LogP contribution in [0.1, 0.15) is 6.42 Å². The van der Waals surface area contributed by atoms with Gasteiger partial charge in [0.05, 0.1) is 16.9 Å². The summed E-state index contributed by atoms with van der Waals surface area (Å²) in [5, 5.41) is 2.81. The Morgan fingerprint density at radius 2 is 1.57 bits per heavy atom. The molecule has 180 valence electrons. The van der Waals surface area contributed by atoms with Crippen LogP contribution in [0.3, 0.4) is 0 Å². The second kappa shape index (κ2) is 11.3. The molecule has 0 spiro atoms. The van der Waals surface area contributed by atoms with Crippen molar-refractivity contribution in [1.82, 2.24) is 14.9 Å². The van der Waals surface area contributed by atoms with Gasteiger partial charge in [0, 0.05) is 25.5 Å².